The lowest BCUT2D eigenvalue weighted by Gasteiger charge is -2.19. The molecule has 3 rings (SSSR count). The molecular formula is C28H33BrO5P+. The molecule has 0 radical (unpaired) electrons. The van der Waals surface area contributed by atoms with Crippen LogP contribution in [0.4, 0.5) is 0 Å². The fraction of sp³-hybridized carbons (Fsp3) is 0.357. The third-order valence-corrected chi connectivity index (χ3v) is 6.84. The maximum absolute atomic E-state index is 10.7. The third-order valence-electron chi connectivity index (χ3n) is 6.02. The minimum atomic E-state index is -0.784. The molecule has 7 heteroatoms. The van der Waals surface area contributed by atoms with E-state index in [0.717, 1.165) is 38.9 Å². The van der Waals surface area contributed by atoms with Crippen LogP contribution in [0.3, 0.4) is 0 Å². The number of phenolic OH excluding ortho intramolecular Hbond substituents is 1. The summed E-state index contributed by atoms with van der Waals surface area (Å²) in [7, 11) is -0.784. The first-order valence-corrected chi connectivity index (χ1v) is 13.3. The summed E-state index contributed by atoms with van der Waals surface area (Å²) >= 11 is 3.50. The van der Waals surface area contributed by atoms with Crippen LogP contribution in [0.15, 0.2) is 59.1 Å². The van der Waals surface area contributed by atoms with Crippen molar-refractivity contribution < 1.29 is 23.7 Å². The molecule has 35 heavy (non-hydrogen) atoms. The Hall–Kier alpha value is -2.24. The van der Waals surface area contributed by atoms with Crippen LogP contribution in [0.1, 0.15) is 65.7 Å². The predicted molar refractivity (Wildman–Crippen MR) is 144 cm³/mol. The van der Waals surface area contributed by atoms with E-state index in [1.807, 2.05) is 42.5 Å². The molecule has 0 saturated heterocycles. The van der Waals surface area contributed by atoms with Gasteiger partial charge in [-0.3, -0.25) is 0 Å². The lowest BCUT2D eigenvalue weighted by atomic mass is 9.93. The van der Waals surface area contributed by atoms with Gasteiger partial charge < -0.3 is 14.6 Å². The SMILES string of the molecule is Cc1cc(OCO[C@@H](CCO[PH+]=O)c2cccc(Br)c2)cc(C)c1Cc1ccc(O)c(C(C)C)c1. The summed E-state index contributed by atoms with van der Waals surface area (Å²) in [6.45, 7) is 8.77. The van der Waals surface area contributed by atoms with Crippen LogP contribution >= 0.6 is 24.6 Å². The van der Waals surface area contributed by atoms with Gasteiger partial charge in [0, 0.05) is 10.9 Å². The highest BCUT2D eigenvalue weighted by atomic mass is 79.9. The molecule has 0 bridgehead atoms. The Morgan fingerprint density at radius 1 is 1.03 bits per heavy atom. The Balaban J connectivity index is 1.67. The lowest BCUT2D eigenvalue weighted by molar-refractivity contribution is -0.0446. The zero-order valence-electron chi connectivity index (χ0n) is 20.6. The maximum Gasteiger partial charge on any atom is 0.494 e. The maximum atomic E-state index is 10.7. The van der Waals surface area contributed by atoms with Crippen molar-refractivity contribution in [2.75, 3.05) is 13.4 Å². The number of halogens is 1. The second-order valence-electron chi connectivity index (χ2n) is 8.95. The second kappa shape index (κ2) is 13.2. The van der Waals surface area contributed by atoms with Gasteiger partial charge >= 0.3 is 8.69 Å². The Morgan fingerprint density at radius 2 is 1.77 bits per heavy atom. The molecule has 0 amide bonds. The quantitative estimate of drug-likeness (QED) is 0.139. The molecule has 1 unspecified atom stereocenters. The zero-order chi connectivity index (χ0) is 25.4. The minimum Gasteiger partial charge on any atom is -0.508 e. The van der Waals surface area contributed by atoms with Crippen molar-refractivity contribution in [3.05, 3.63) is 92.5 Å². The van der Waals surface area contributed by atoms with Crippen LogP contribution in [-0.4, -0.2) is 18.5 Å². The molecule has 0 aliphatic rings. The van der Waals surface area contributed by atoms with Crippen molar-refractivity contribution in [2.24, 2.45) is 0 Å². The van der Waals surface area contributed by atoms with Crippen LogP contribution < -0.4 is 4.74 Å². The molecule has 0 aliphatic carbocycles. The normalized spacial score (nSPS) is 12.3. The lowest BCUT2D eigenvalue weighted by Crippen LogP contribution is -2.12. The predicted octanol–water partition coefficient (Wildman–Crippen LogP) is 7.93. The van der Waals surface area contributed by atoms with E-state index in [1.165, 1.54) is 11.1 Å². The number of aryl methyl sites for hydroxylation is 2. The van der Waals surface area contributed by atoms with Crippen LogP contribution in [0.25, 0.3) is 0 Å². The molecule has 0 saturated carbocycles. The van der Waals surface area contributed by atoms with Gasteiger partial charge in [0.1, 0.15) is 18.1 Å². The fourth-order valence-corrected chi connectivity index (χ4v) is 4.76. The Bertz CT molecular complexity index is 1120. The number of phenols is 1. The highest BCUT2D eigenvalue weighted by Crippen LogP contribution is 2.30. The van der Waals surface area contributed by atoms with Gasteiger partial charge in [-0.05, 0) is 94.5 Å². The highest BCUT2D eigenvalue weighted by Gasteiger charge is 2.15. The van der Waals surface area contributed by atoms with Gasteiger partial charge in [0.2, 0.25) is 0 Å². The van der Waals surface area contributed by atoms with Gasteiger partial charge in [-0.25, -0.2) is 0 Å². The van der Waals surface area contributed by atoms with E-state index in [4.69, 9.17) is 14.0 Å². The van der Waals surface area contributed by atoms with Crippen LogP contribution in [-0.2, 0) is 20.2 Å². The molecule has 1 N–H and O–H groups in total. The molecule has 0 heterocycles. The molecule has 0 fully saturated rings. The Kier molecular flexibility index (Phi) is 10.3. The Labute approximate surface area is 217 Å². The smallest absolute Gasteiger partial charge is 0.494 e. The molecule has 186 valence electrons. The van der Waals surface area contributed by atoms with Crippen molar-refractivity contribution in [3.8, 4) is 11.5 Å². The van der Waals surface area contributed by atoms with Crippen molar-refractivity contribution in [3.63, 3.8) is 0 Å². The first kappa shape index (κ1) is 27.3. The molecule has 2 atom stereocenters. The van der Waals surface area contributed by atoms with Crippen molar-refractivity contribution >= 4 is 24.6 Å². The first-order chi connectivity index (χ1) is 16.8. The molecule has 0 aromatic heterocycles. The van der Waals surface area contributed by atoms with Gasteiger partial charge in [-0.1, -0.05) is 54.0 Å². The van der Waals surface area contributed by atoms with E-state index >= 15 is 0 Å². The molecule has 3 aromatic carbocycles. The van der Waals surface area contributed by atoms with E-state index in [2.05, 4.69) is 49.7 Å². The average molecular weight is 560 g/mol. The summed E-state index contributed by atoms with van der Waals surface area (Å²) in [5, 5.41) is 10.1. The standard InChI is InChI=1S/C28H32BrO5P/c1-18(2)25-14-21(8-9-27(25)30)15-26-19(3)12-24(13-20(26)4)32-17-33-28(10-11-34-35-31)22-6-5-7-23(29)16-22/h5-9,12-14,16,18,28,35H,10-11,15,17H2,1-4H3/p+1/t28-/m0/s1. The summed E-state index contributed by atoms with van der Waals surface area (Å²) in [6.07, 6.45) is 1.12. The van der Waals surface area contributed by atoms with Gasteiger partial charge in [0.15, 0.2) is 6.79 Å². The van der Waals surface area contributed by atoms with Crippen molar-refractivity contribution in [1.82, 2.24) is 0 Å². The van der Waals surface area contributed by atoms with Gasteiger partial charge in [-0.15, -0.1) is 4.52 Å². The number of hydrogen-bond donors (Lipinski definition) is 1. The van der Waals surface area contributed by atoms with E-state index in [-0.39, 0.29) is 18.8 Å². The van der Waals surface area contributed by atoms with Gasteiger partial charge in [-0.2, -0.15) is 0 Å². The van der Waals surface area contributed by atoms with Crippen LogP contribution in [0, 0.1) is 13.8 Å². The summed E-state index contributed by atoms with van der Waals surface area (Å²) in [5.41, 5.74) is 6.68. The van der Waals surface area contributed by atoms with E-state index in [1.54, 1.807) is 6.07 Å². The highest BCUT2D eigenvalue weighted by molar-refractivity contribution is 9.10. The van der Waals surface area contributed by atoms with Crippen LogP contribution in [0.5, 0.6) is 11.5 Å². The molecule has 0 aliphatic heterocycles. The number of hydrogen-bond acceptors (Lipinski definition) is 5. The summed E-state index contributed by atoms with van der Waals surface area (Å²) < 4.78 is 28.7. The second-order valence-corrected chi connectivity index (χ2v) is 10.3. The number of rotatable bonds is 12. The van der Waals surface area contributed by atoms with E-state index in [0.29, 0.717) is 18.8 Å². The molecule has 3 aromatic rings. The molecule has 5 nitrogen and oxygen atoms in total. The van der Waals surface area contributed by atoms with Crippen molar-refractivity contribution in [1.29, 1.82) is 0 Å². The number of aromatic hydroxyl groups is 1. The summed E-state index contributed by atoms with van der Waals surface area (Å²) in [6, 6.07) is 17.8. The average Bonchev–Trinajstić information content (AvgIpc) is 2.81. The van der Waals surface area contributed by atoms with Crippen molar-refractivity contribution in [2.45, 2.75) is 52.6 Å². The summed E-state index contributed by atoms with van der Waals surface area (Å²) in [5.74, 6) is 1.37. The third kappa shape index (κ3) is 7.88. The van der Waals surface area contributed by atoms with Gasteiger partial charge in [0.25, 0.3) is 0 Å². The van der Waals surface area contributed by atoms with Gasteiger partial charge in [0.05, 0.1) is 6.10 Å². The monoisotopic (exact) mass is 559 g/mol. The first-order valence-electron chi connectivity index (χ1n) is 11.7. The largest absolute Gasteiger partial charge is 0.508 e. The Morgan fingerprint density at radius 3 is 2.43 bits per heavy atom. The zero-order valence-corrected chi connectivity index (χ0v) is 23.2. The minimum absolute atomic E-state index is 0.0881. The fourth-order valence-electron chi connectivity index (χ4n) is 4.14. The van der Waals surface area contributed by atoms with E-state index < -0.39 is 8.69 Å². The topological polar surface area (TPSA) is 65.0 Å². The molecular weight excluding hydrogens is 527 g/mol. The number of benzene rings is 3. The van der Waals surface area contributed by atoms with Crippen LogP contribution in [0.2, 0.25) is 0 Å². The van der Waals surface area contributed by atoms with E-state index in [9.17, 15) is 9.67 Å². The molecule has 0 spiro atoms. The number of ether oxygens (including phenoxy) is 2. The summed E-state index contributed by atoms with van der Waals surface area (Å²) in [4.78, 5) is 0.